The summed E-state index contributed by atoms with van der Waals surface area (Å²) in [5, 5.41) is 2.57. The number of methoxy groups -OCH3 is 1. The molecule has 18 heavy (non-hydrogen) atoms. The van der Waals surface area contributed by atoms with Crippen molar-refractivity contribution in [3.63, 3.8) is 0 Å². The van der Waals surface area contributed by atoms with Gasteiger partial charge in [-0.05, 0) is 24.5 Å². The van der Waals surface area contributed by atoms with Crippen LogP contribution in [-0.2, 0) is 18.6 Å². The highest BCUT2D eigenvalue weighted by atomic mass is 35.7. The maximum atomic E-state index is 11.4. The fraction of sp³-hybridized carbons (Fsp3) is 0.300. The first kappa shape index (κ1) is 15.3. The molecule has 0 heterocycles. The van der Waals surface area contributed by atoms with Crippen molar-refractivity contribution in [1.82, 2.24) is 0 Å². The van der Waals surface area contributed by atoms with Gasteiger partial charge in [-0.25, -0.2) is 8.42 Å². The van der Waals surface area contributed by atoms with Crippen LogP contribution in [0.25, 0.3) is 0 Å². The number of rotatable bonds is 5. The van der Waals surface area contributed by atoms with E-state index in [0.717, 1.165) is 4.90 Å². The summed E-state index contributed by atoms with van der Waals surface area (Å²) in [6, 6.07) is 4.30. The monoisotopic (exact) mass is 309 g/mol. The third-order valence-electron chi connectivity index (χ3n) is 2.00. The smallest absolute Gasteiger partial charge is 0.261 e. The maximum absolute atomic E-state index is 11.4. The van der Waals surface area contributed by atoms with E-state index in [0.29, 0.717) is 5.69 Å². The van der Waals surface area contributed by atoms with E-state index in [-0.39, 0.29) is 17.4 Å². The van der Waals surface area contributed by atoms with Crippen LogP contribution < -0.4 is 5.32 Å². The van der Waals surface area contributed by atoms with E-state index >= 15 is 0 Å². The van der Waals surface area contributed by atoms with Gasteiger partial charge < -0.3 is 10.1 Å². The molecule has 0 saturated heterocycles. The Kier molecular flexibility index (Phi) is 5.46. The molecule has 0 fully saturated rings. The topological polar surface area (TPSA) is 72.5 Å². The number of anilines is 1. The quantitative estimate of drug-likeness (QED) is 0.664. The first-order valence-corrected chi connectivity index (χ1v) is 8.33. The van der Waals surface area contributed by atoms with Crippen molar-refractivity contribution in [2.75, 3.05) is 25.3 Å². The summed E-state index contributed by atoms with van der Waals surface area (Å²) < 4.78 is 27.1. The molecule has 1 aromatic rings. The zero-order valence-corrected chi connectivity index (χ0v) is 12.2. The molecule has 100 valence electrons. The highest BCUT2D eigenvalue weighted by Crippen LogP contribution is 2.29. The second kappa shape index (κ2) is 6.42. The van der Waals surface area contributed by atoms with Crippen molar-refractivity contribution in [2.45, 2.75) is 9.79 Å². The number of carbonyl (C=O) groups is 1. The molecule has 1 rings (SSSR count). The van der Waals surface area contributed by atoms with Gasteiger partial charge in [-0.3, -0.25) is 4.79 Å². The van der Waals surface area contributed by atoms with E-state index in [1.165, 1.54) is 31.0 Å². The van der Waals surface area contributed by atoms with Crippen LogP contribution in [0.1, 0.15) is 0 Å². The van der Waals surface area contributed by atoms with Crippen LogP contribution in [-0.4, -0.2) is 34.3 Å². The second-order valence-electron chi connectivity index (χ2n) is 3.28. The number of carbonyl (C=O) groups excluding carboxylic acids is 1. The van der Waals surface area contributed by atoms with Gasteiger partial charge >= 0.3 is 0 Å². The molecular weight excluding hydrogens is 298 g/mol. The molecule has 0 aliphatic heterocycles. The average molecular weight is 310 g/mol. The summed E-state index contributed by atoms with van der Waals surface area (Å²) in [5.41, 5.74) is 0.395. The Morgan fingerprint density at radius 2 is 2.17 bits per heavy atom. The summed E-state index contributed by atoms with van der Waals surface area (Å²) in [6.45, 7) is -0.105. The largest absolute Gasteiger partial charge is 0.375 e. The molecule has 1 N–H and O–H groups in total. The summed E-state index contributed by atoms with van der Waals surface area (Å²) in [4.78, 5) is 12.1. The normalized spacial score (nSPS) is 11.3. The van der Waals surface area contributed by atoms with E-state index in [4.69, 9.17) is 10.7 Å². The fourth-order valence-electron chi connectivity index (χ4n) is 1.25. The number of hydrogen-bond donors (Lipinski definition) is 1. The summed E-state index contributed by atoms with van der Waals surface area (Å²) in [6.07, 6.45) is 1.82. The minimum absolute atomic E-state index is 0.0605. The number of amides is 1. The Hall–Kier alpha value is -0.760. The van der Waals surface area contributed by atoms with Crippen LogP contribution in [0.3, 0.4) is 0 Å². The lowest BCUT2D eigenvalue weighted by atomic mass is 10.3. The van der Waals surface area contributed by atoms with Crippen molar-refractivity contribution >= 4 is 43.1 Å². The molecule has 0 spiro atoms. The molecule has 0 aromatic heterocycles. The Labute approximate surface area is 114 Å². The molecule has 0 aliphatic rings. The van der Waals surface area contributed by atoms with Crippen LogP contribution in [0.5, 0.6) is 0 Å². The molecular formula is C10H12ClNO4S2. The zero-order valence-electron chi connectivity index (χ0n) is 9.77. The van der Waals surface area contributed by atoms with Crippen molar-refractivity contribution in [3.8, 4) is 0 Å². The lowest BCUT2D eigenvalue weighted by molar-refractivity contribution is -0.119. The number of benzene rings is 1. The SMILES string of the molecule is COCC(=O)Nc1cc(S(=O)(=O)Cl)ccc1SC. The molecule has 0 atom stereocenters. The van der Waals surface area contributed by atoms with Crippen LogP contribution in [0.15, 0.2) is 28.0 Å². The summed E-state index contributed by atoms with van der Waals surface area (Å²) in [5.74, 6) is -0.364. The standard InChI is InChI=1S/C10H12ClNO4S2/c1-16-6-10(13)12-8-5-7(18(11,14)15)3-4-9(8)17-2/h3-5H,6H2,1-2H3,(H,12,13). The molecule has 0 radical (unpaired) electrons. The number of hydrogen-bond acceptors (Lipinski definition) is 5. The summed E-state index contributed by atoms with van der Waals surface area (Å²) >= 11 is 1.38. The molecule has 1 aromatic carbocycles. The first-order chi connectivity index (χ1) is 8.38. The molecule has 5 nitrogen and oxygen atoms in total. The molecule has 0 saturated carbocycles. The Morgan fingerprint density at radius 1 is 1.50 bits per heavy atom. The summed E-state index contributed by atoms with van der Waals surface area (Å²) in [7, 11) is 2.83. The number of ether oxygens (including phenoxy) is 1. The zero-order chi connectivity index (χ0) is 13.8. The minimum Gasteiger partial charge on any atom is -0.375 e. The van der Waals surface area contributed by atoms with Crippen LogP contribution in [0.4, 0.5) is 5.69 Å². The Bertz CT molecular complexity index is 545. The second-order valence-corrected chi connectivity index (χ2v) is 6.70. The maximum Gasteiger partial charge on any atom is 0.261 e. The van der Waals surface area contributed by atoms with Gasteiger partial charge in [0.05, 0.1) is 10.6 Å². The first-order valence-electron chi connectivity index (χ1n) is 4.80. The molecule has 8 heteroatoms. The van der Waals surface area contributed by atoms with E-state index in [1.54, 1.807) is 6.07 Å². The van der Waals surface area contributed by atoms with Crippen molar-refractivity contribution in [3.05, 3.63) is 18.2 Å². The number of halogens is 1. The van der Waals surface area contributed by atoms with Crippen LogP contribution >= 0.6 is 22.4 Å². The lowest BCUT2D eigenvalue weighted by Crippen LogP contribution is -2.17. The average Bonchev–Trinajstić information content (AvgIpc) is 2.28. The fourth-order valence-corrected chi connectivity index (χ4v) is 2.56. The molecule has 0 bridgehead atoms. The highest BCUT2D eigenvalue weighted by molar-refractivity contribution is 8.13. The van der Waals surface area contributed by atoms with E-state index in [2.05, 4.69) is 10.1 Å². The van der Waals surface area contributed by atoms with Gasteiger partial charge in [-0.2, -0.15) is 0 Å². The Balaban J connectivity index is 3.11. The van der Waals surface area contributed by atoms with Gasteiger partial charge in [0.25, 0.3) is 9.05 Å². The third kappa shape index (κ3) is 4.16. The molecule has 0 aliphatic carbocycles. The third-order valence-corrected chi connectivity index (χ3v) is 4.15. The predicted octanol–water partition coefficient (Wildman–Crippen LogP) is 1.92. The Morgan fingerprint density at radius 3 is 2.67 bits per heavy atom. The van der Waals surface area contributed by atoms with Gasteiger partial charge in [0.15, 0.2) is 0 Å². The van der Waals surface area contributed by atoms with E-state index in [1.807, 2.05) is 6.26 Å². The van der Waals surface area contributed by atoms with Crippen molar-refractivity contribution in [2.24, 2.45) is 0 Å². The van der Waals surface area contributed by atoms with Gasteiger partial charge in [0.2, 0.25) is 5.91 Å². The van der Waals surface area contributed by atoms with Crippen LogP contribution in [0, 0.1) is 0 Å². The van der Waals surface area contributed by atoms with E-state index < -0.39 is 9.05 Å². The van der Waals surface area contributed by atoms with Gasteiger partial charge in [0.1, 0.15) is 6.61 Å². The molecule has 0 unspecified atom stereocenters. The predicted molar refractivity (Wildman–Crippen MR) is 71.8 cm³/mol. The minimum atomic E-state index is -3.82. The van der Waals surface area contributed by atoms with Crippen LogP contribution in [0.2, 0.25) is 0 Å². The van der Waals surface area contributed by atoms with Gasteiger partial charge in [0, 0.05) is 22.7 Å². The lowest BCUT2D eigenvalue weighted by Gasteiger charge is -2.10. The van der Waals surface area contributed by atoms with Crippen molar-refractivity contribution in [1.29, 1.82) is 0 Å². The number of thioether (sulfide) groups is 1. The number of nitrogens with one attached hydrogen (secondary N) is 1. The van der Waals surface area contributed by atoms with Gasteiger partial charge in [-0.1, -0.05) is 0 Å². The van der Waals surface area contributed by atoms with Gasteiger partial charge in [-0.15, -0.1) is 11.8 Å². The van der Waals surface area contributed by atoms with Crippen molar-refractivity contribution < 1.29 is 17.9 Å². The van der Waals surface area contributed by atoms with E-state index in [9.17, 15) is 13.2 Å². The highest BCUT2D eigenvalue weighted by Gasteiger charge is 2.14. The molecule has 1 amide bonds.